The first kappa shape index (κ1) is 10.4. The maximum Gasteiger partial charge on any atom is 0.120 e. The normalized spacial score (nSPS) is 24.7. The summed E-state index contributed by atoms with van der Waals surface area (Å²) in [6.45, 7) is 0.577. The number of aliphatic hydroxyl groups excluding tert-OH is 1. The van der Waals surface area contributed by atoms with Gasteiger partial charge in [-0.2, -0.15) is 0 Å². The van der Waals surface area contributed by atoms with Crippen molar-refractivity contribution in [1.29, 1.82) is 0 Å². The molecule has 82 valence electrons. The van der Waals surface area contributed by atoms with E-state index in [2.05, 4.69) is 0 Å². The van der Waals surface area contributed by atoms with E-state index in [1.807, 2.05) is 35.2 Å². The number of anilines is 1. The average molecular weight is 209 g/mol. The highest BCUT2D eigenvalue weighted by Crippen LogP contribution is 2.31. The Kier molecular flexibility index (Phi) is 3.21. The summed E-state index contributed by atoms with van der Waals surface area (Å²) in [6, 6.07) is 9.69. The van der Waals surface area contributed by atoms with Gasteiger partial charge in [0.05, 0.1) is 12.6 Å². The Labute approximate surface area is 89.3 Å². The van der Waals surface area contributed by atoms with E-state index in [0.717, 1.165) is 12.1 Å². The van der Waals surface area contributed by atoms with Gasteiger partial charge in [-0.3, -0.25) is 0 Å². The first-order valence-electron chi connectivity index (χ1n) is 5.39. The Hall–Kier alpha value is -1.09. The van der Waals surface area contributed by atoms with Crippen molar-refractivity contribution in [3.63, 3.8) is 0 Å². The van der Waals surface area contributed by atoms with Crippen molar-refractivity contribution >= 4 is 5.69 Å². The zero-order chi connectivity index (χ0) is 10.7. The molecule has 0 aliphatic heterocycles. The monoisotopic (exact) mass is 209 g/mol. The lowest BCUT2D eigenvalue weighted by molar-refractivity contribution is 0.158. The number of benzene rings is 1. The number of hydrogen-bond donors (Lipinski definition) is 1. The van der Waals surface area contributed by atoms with Gasteiger partial charge in [0.1, 0.15) is 6.17 Å². The van der Waals surface area contributed by atoms with Crippen molar-refractivity contribution in [2.45, 2.75) is 25.1 Å². The highest BCUT2D eigenvalue weighted by molar-refractivity contribution is 5.48. The van der Waals surface area contributed by atoms with Crippen LogP contribution in [-0.4, -0.2) is 30.5 Å². The second-order valence-electron chi connectivity index (χ2n) is 3.91. The molecule has 2 unspecified atom stereocenters. The number of nitrogens with zero attached hydrogens (tertiary/aromatic N) is 1. The molecule has 0 aromatic heterocycles. The lowest BCUT2D eigenvalue weighted by Gasteiger charge is -2.41. The van der Waals surface area contributed by atoms with E-state index in [-0.39, 0.29) is 12.6 Å². The predicted molar refractivity (Wildman–Crippen MR) is 58.8 cm³/mol. The Morgan fingerprint density at radius 2 is 2.00 bits per heavy atom. The van der Waals surface area contributed by atoms with Crippen LogP contribution >= 0.6 is 0 Å². The Balaban J connectivity index is 2.12. The third kappa shape index (κ3) is 2.12. The van der Waals surface area contributed by atoms with E-state index in [1.54, 1.807) is 0 Å². The Morgan fingerprint density at radius 1 is 1.27 bits per heavy atom. The summed E-state index contributed by atoms with van der Waals surface area (Å²) in [6.07, 6.45) is 0.798. The molecule has 15 heavy (non-hydrogen) atoms. The minimum absolute atomic E-state index is 0.0421. The second-order valence-corrected chi connectivity index (χ2v) is 3.91. The van der Waals surface area contributed by atoms with Crippen LogP contribution in [0.3, 0.4) is 0 Å². The molecule has 0 radical (unpaired) electrons. The molecule has 2 atom stereocenters. The van der Waals surface area contributed by atoms with Crippen molar-refractivity contribution < 1.29 is 9.50 Å². The zero-order valence-electron chi connectivity index (χ0n) is 8.64. The van der Waals surface area contributed by atoms with Crippen molar-refractivity contribution in [1.82, 2.24) is 0 Å². The Bertz CT molecular complexity index is 304. The fraction of sp³-hybridized carbons (Fsp3) is 0.500. The summed E-state index contributed by atoms with van der Waals surface area (Å²) in [5.74, 6) is 0. The maximum atomic E-state index is 13.3. The number of rotatable bonds is 4. The molecule has 0 bridgehead atoms. The molecule has 0 heterocycles. The van der Waals surface area contributed by atoms with E-state index in [1.165, 1.54) is 0 Å². The minimum Gasteiger partial charge on any atom is -0.395 e. The van der Waals surface area contributed by atoms with Crippen molar-refractivity contribution in [2.24, 2.45) is 0 Å². The van der Waals surface area contributed by atoms with Crippen LogP contribution in [0.4, 0.5) is 10.1 Å². The maximum absolute atomic E-state index is 13.3. The van der Waals surface area contributed by atoms with Gasteiger partial charge >= 0.3 is 0 Å². The molecule has 0 spiro atoms. The van der Waals surface area contributed by atoms with Gasteiger partial charge in [0, 0.05) is 12.2 Å². The van der Waals surface area contributed by atoms with Crippen molar-refractivity contribution in [3.05, 3.63) is 30.3 Å². The fourth-order valence-corrected chi connectivity index (χ4v) is 2.01. The summed E-state index contributed by atoms with van der Waals surface area (Å²) < 4.78 is 13.3. The summed E-state index contributed by atoms with van der Waals surface area (Å²) in [4.78, 5) is 1.97. The highest BCUT2D eigenvalue weighted by Gasteiger charge is 2.35. The second kappa shape index (κ2) is 4.62. The molecule has 1 N–H and O–H groups in total. The quantitative estimate of drug-likeness (QED) is 0.819. The molecule has 2 nitrogen and oxygen atoms in total. The molecule has 1 aliphatic rings. The standard InChI is InChI=1S/C12H16FNO/c13-11-6-7-12(11)14(8-9-15)10-4-2-1-3-5-10/h1-5,11-12,15H,6-9H2. The Morgan fingerprint density at radius 3 is 2.47 bits per heavy atom. The van der Waals surface area contributed by atoms with Crippen LogP contribution in [0.2, 0.25) is 0 Å². The number of para-hydroxylation sites is 1. The third-order valence-corrected chi connectivity index (χ3v) is 2.98. The van der Waals surface area contributed by atoms with Gasteiger partial charge in [-0.1, -0.05) is 18.2 Å². The van der Waals surface area contributed by atoms with Crippen LogP contribution < -0.4 is 4.90 Å². The predicted octanol–water partition coefficient (Wildman–Crippen LogP) is 1.99. The van der Waals surface area contributed by atoms with Gasteiger partial charge in [-0.25, -0.2) is 4.39 Å². The molecule has 0 saturated heterocycles. The summed E-state index contributed by atoms with van der Waals surface area (Å²) in [5, 5.41) is 8.99. The average Bonchev–Trinajstić information content (AvgIpc) is 2.28. The first-order valence-corrected chi connectivity index (χ1v) is 5.39. The molecular weight excluding hydrogens is 193 g/mol. The largest absolute Gasteiger partial charge is 0.395 e. The molecular formula is C12H16FNO. The van der Waals surface area contributed by atoms with Gasteiger partial charge in [0.15, 0.2) is 0 Å². The smallest absolute Gasteiger partial charge is 0.120 e. The van der Waals surface area contributed by atoms with Crippen molar-refractivity contribution in [2.75, 3.05) is 18.1 Å². The van der Waals surface area contributed by atoms with Gasteiger partial charge in [0.25, 0.3) is 0 Å². The van der Waals surface area contributed by atoms with Gasteiger partial charge < -0.3 is 10.0 Å². The van der Waals surface area contributed by atoms with E-state index in [0.29, 0.717) is 13.0 Å². The number of aliphatic hydroxyl groups is 1. The van der Waals surface area contributed by atoms with Crippen LogP contribution in [0.25, 0.3) is 0 Å². The summed E-state index contributed by atoms with van der Waals surface area (Å²) in [5.41, 5.74) is 0.999. The zero-order valence-corrected chi connectivity index (χ0v) is 8.64. The van der Waals surface area contributed by atoms with Gasteiger partial charge in [0.2, 0.25) is 0 Å². The van der Waals surface area contributed by atoms with Crippen LogP contribution in [0.15, 0.2) is 30.3 Å². The van der Waals surface area contributed by atoms with Gasteiger partial charge in [-0.15, -0.1) is 0 Å². The number of halogens is 1. The molecule has 1 fully saturated rings. The van der Waals surface area contributed by atoms with Crippen LogP contribution in [0, 0.1) is 0 Å². The summed E-state index contributed by atoms with van der Waals surface area (Å²) in [7, 11) is 0. The lowest BCUT2D eigenvalue weighted by Crippen LogP contribution is -2.49. The minimum atomic E-state index is -0.739. The van der Waals surface area contributed by atoms with E-state index < -0.39 is 6.17 Å². The van der Waals surface area contributed by atoms with E-state index in [9.17, 15) is 4.39 Å². The number of alkyl halides is 1. The molecule has 1 saturated carbocycles. The first-order chi connectivity index (χ1) is 7.33. The molecule has 3 heteroatoms. The molecule has 1 aromatic rings. The lowest BCUT2D eigenvalue weighted by atomic mass is 9.88. The molecule has 0 amide bonds. The van der Waals surface area contributed by atoms with E-state index in [4.69, 9.17) is 5.11 Å². The third-order valence-electron chi connectivity index (χ3n) is 2.98. The molecule has 2 rings (SSSR count). The summed E-state index contributed by atoms with van der Waals surface area (Å²) >= 11 is 0. The van der Waals surface area contributed by atoms with Crippen molar-refractivity contribution in [3.8, 4) is 0 Å². The van der Waals surface area contributed by atoms with E-state index >= 15 is 0 Å². The number of hydrogen-bond acceptors (Lipinski definition) is 2. The molecule has 1 aromatic carbocycles. The van der Waals surface area contributed by atoms with Crippen LogP contribution in [0.1, 0.15) is 12.8 Å². The fourth-order valence-electron chi connectivity index (χ4n) is 2.01. The van der Waals surface area contributed by atoms with Crippen LogP contribution in [-0.2, 0) is 0 Å². The highest BCUT2D eigenvalue weighted by atomic mass is 19.1. The topological polar surface area (TPSA) is 23.5 Å². The van der Waals surface area contributed by atoms with Crippen LogP contribution in [0.5, 0.6) is 0 Å². The SMILES string of the molecule is OCCN(c1ccccc1)C1CCC1F. The van der Waals surface area contributed by atoms with Gasteiger partial charge in [-0.05, 0) is 25.0 Å². The molecule has 1 aliphatic carbocycles.